The number of likely N-dealkylation sites (tertiary alicyclic amines) is 1. The van der Waals surface area contributed by atoms with Gasteiger partial charge in [-0.2, -0.15) is 0 Å². The second kappa shape index (κ2) is 5.49. The van der Waals surface area contributed by atoms with Crippen LogP contribution in [0.25, 0.3) is 0 Å². The maximum absolute atomic E-state index is 12.5. The first kappa shape index (κ1) is 14.3. The lowest BCUT2D eigenvalue weighted by atomic mass is 10.1. The second-order valence-electron chi connectivity index (χ2n) is 6.04. The number of hydrogen-bond donors (Lipinski definition) is 0. The quantitative estimate of drug-likeness (QED) is 0.747. The van der Waals surface area contributed by atoms with E-state index in [1.54, 1.807) is 4.90 Å². The van der Waals surface area contributed by atoms with Crippen LogP contribution in [0, 0.1) is 5.92 Å². The largest absolute Gasteiger partial charge is 0.372 e. The summed E-state index contributed by atoms with van der Waals surface area (Å²) < 4.78 is 5.64. The van der Waals surface area contributed by atoms with Gasteiger partial charge in [-0.1, -0.05) is 0 Å². The number of carbonyl (C=O) groups is 2. The maximum Gasteiger partial charge on any atom is 0.228 e. The molecule has 19 heavy (non-hydrogen) atoms. The first-order chi connectivity index (χ1) is 8.88. The monoisotopic (exact) mass is 268 g/mol. The van der Waals surface area contributed by atoms with Crippen LogP contribution in [0.4, 0.5) is 0 Å². The second-order valence-corrected chi connectivity index (χ2v) is 6.04. The Balaban J connectivity index is 1.99. The molecule has 0 unspecified atom stereocenters. The van der Waals surface area contributed by atoms with Gasteiger partial charge in [-0.3, -0.25) is 9.59 Å². The molecule has 0 aromatic carbocycles. The van der Waals surface area contributed by atoms with Crippen molar-refractivity contribution in [2.75, 3.05) is 19.6 Å². The Kier molecular flexibility index (Phi) is 4.13. The molecule has 2 fully saturated rings. The van der Waals surface area contributed by atoms with E-state index in [1.807, 2.05) is 32.6 Å². The van der Waals surface area contributed by atoms with E-state index in [-0.39, 0.29) is 36.0 Å². The van der Waals surface area contributed by atoms with Crippen molar-refractivity contribution in [2.45, 2.75) is 52.4 Å². The lowest BCUT2D eigenvalue weighted by molar-refractivity contribution is -0.147. The van der Waals surface area contributed by atoms with E-state index in [0.717, 1.165) is 0 Å². The molecule has 0 N–H and O–H groups in total. The van der Waals surface area contributed by atoms with Crippen LogP contribution in [0.1, 0.15) is 34.1 Å². The Morgan fingerprint density at radius 2 is 1.79 bits per heavy atom. The minimum Gasteiger partial charge on any atom is -0.372 e. The summed E-state index contributed by atoms with van der Waals surface area (Å²) in [5.74, 6) is 0.0357. The van der Waals surface area contributed by atoms with Gasteiger partial charge in [-0.25, -0.2) is 0 Å². The molecule has 2 aliphatic heterocycles. The van der Waals surface area contributed by atoms with Crippen LogP contribution in [-0.4, -0.2) is 59.5 Å². The van der Waals surface area contributed by atoms with Gasteiger partial charge >= 0.3 is 0 Å². The Bertz CT molecular complexity index is 360. The van der Waals surface area contributed by atoms with Crippen LogP contribution >= 0.6 is 0 Å². The summed E-state index contributed by atoms with van der Waals surface area (Å²) in [5, 5.41) is 0. The standard InChI is InChI=1S/C14H24N2O3/c1-9(2)16-8-12(5-13(16)17)14(18)15-6-10(3)19-11(4)7-15/h9-12H,5-8H2,1-4H3/t10-,11+,12-/m1/s1. The number of amides is 2. The van der Waals surface area contributed by atoms with Gasteiger partial charge in [0.25, 0.3) is 0 Å². The summed E-state index contributed by atoms with van der Waals surface area (Å²) in [6, 6.07) is 0.174. The molecule has 5 heteroatoms. The molecular formula is C14H24N2O3. The lowest BCUT2D eigenvalue weighted by Gasteiger charge is -2.36. The van der Waals surface area contributed by atoms with E-state index in [2.05, 4.69) is 0 Å². The Hall–Kier alpha value is -1.10. The molecule has 0 spiro atoms. The molecule has 2 rings (SSSR count). The molecule has 0 saturated carbocycles. The lowest BCUT2D eigenvalue weighted by Crippen LogP contribution is -2.50. The van der Waals surface area contributed by atoms with Crippen molar-refractivity contribution in [3.05, 3.63) is 0 Å². The molecule has 3 atom stereocenters. The summed E-state index contributed by atoms with van der Waals surface area (Å²) >= 11 is 0. The average molecular weight is 268 g/mol. The number of morpholine rings is 1. The first-order valence-electron chi connectivity index (χ1n) is 7.12. The van der Waals surface area contributed by atoms with Gasteiger partial charge < -0.3 is 14.5 Å². The number of rotatable bonds is 2. The molecule has 0 bridgehead atoms. The van der Waals surface area contributed by atoms with Crippen molar-refractivity contribution < 1.29 is 14.3 Å². The fraction of sp³-hybridized carbons (Fsp3) is 0.857. The first-order valence-corrected chi connectivity index (χ1v) is 7.12. The SMILES string of the molecule is CC(C)N1C[C@H](C(=O)N2C[C@@H](C)O[C@@H](C)C2)CC1=O. The molecule has 0 radical (unpaired) electrons. The molecular weight excluding hydrogens is 244 g/mol. The van der Waals surface area contributed by atoms with E-state index in [9.17, 15) is 9.59 Å². The minimum atomic E-state index is -0.174. The number of carbonyl (C=O) groups excluding carboxylic acids is 2. The molecule has 2 aliphatic rings. The van der Waals surface area contributed by atoms with Crippen LogP contribution in [0.15, 0.2) is 0 Å². The molecule has 108 valence electrons. The van der Waals surface area contributed by atoms with Crippen molar-refractivity contribution >= 4 is 11.8 Å². The average Bonchev–Trinajstić information content (AvgIpc) is 2.69. The zero-order chi connectivity index (χ0) is 14.2. The van der Waals surface area contributed by atoms with E-state index in [1.165, 1.54) is 0 Å². The minimum absolute atomic E-state index is 0.0750. The number of ether oxygens (including phenoxy) is 1. The van der Waals surface area contributed by atoms with Gasteiger partial charge in [0.05, 0.1) is 18.1 Å². The normalized spacial score (nSPS) is 32.3. The number of hydrogen-bond acceptors (Lipinski definition) is 3. The van der Waals surface area contributed by atoms with Crippen molar-refractivity contribution in [3.63, 3.8) is 0 Å². The summed E-state index contributed by atoms with van der Waals surface area (Å²) in [7, 11) is 0. The summed E-state index contributed by atoms with van der Waals surface area (Å²) in [5.41, 5.74) is 0. The summed E-state index contributed by atoms with van der Waals surface area (Å²) in [4.78, 5) is 28.0. The highest BCUT2D eigenvalue weighted by atomic mass is 16.5. The zero-order valence-corrected chi connectivity index (χ0v) is 12.3. The van der Waals surface area contributed by atoms with Crippen molar-refractivity contribution in [2.24, 2.45) is 5.92 Å². The van der Waals surface area contributed by atoms with Crippen LogP contribution in [0.3, 0.4) is 0 Å². The maximum atomic E-state index is 12.5. The summed E-state index contributed by atoms with van der Waals surface area (Å²) in [6.45, 7) is 9.78. The Morgan fingerprint density at radius 3 is 2.26 bits per heavy atom. The van der Waals surface area contributed by atoms with Crippen molar-refractivity contribution in [1.29, 1.82) is 0 Å². The van der Waals surface area contributed by atoms with Crippen LogP contribution in [0.2, 0.25) is 0 Å². The predicted molar refractivity (Wildman–Crippen MR) is 71.5 cm³/mol. The van der Waals surface area contributed by atoms with Crippen LogP contribution < -0.4 is 0 Å². The van der Waals surface area contributed by atoms with E-state index in [4.69, 9.17) is 4.74 Å². The predicted octanol–water partition coefficient (Wildman–Crippen LogP) is 0.879. The fourth-order valence-corrected chi connectivity index (χ4v) is 3.01. The molecule has 2 amide bonds. The topological polar surface area (TPSA) is 49.9 Å². The summed E-state index contributed by atoms with van der Waals surface area (Å²) in [6.07, 6.45) is 0.508. The highest BCUT2D eigenvalue weighted by molar-refractivity contribution is 5.89. The van der Waals surface area contributed by atoms with Gasteiger partial charge in [0, 0.05) is 32.1 Å². The van der Waals surface area contributed by atoms with E-state index < -0.39 is 0 Å². The van der Waals surface area contributed by atoms with Gasteiger partial charge in [-0.15, -0.1) is 0 Å². The van der Waals surface area contributed by atoms with Crippen molar-refractivity contribution in [1.82, 2.24) is 9.80 Å². The van der Waals surface area contributed by atoms with Crippen molar-refractivity contribution in [3.8, 4) is 0 Å². The van der Waals surface area contributed by atoms with Gasteiger partial charge in [0.1, 0.15) is 0 Å². The van der Waals surface area contributed by atoms with E-state index >= 15 is 0 Å². The highest BCUT2D eigenvalue weighted by Gasteiger charge is 2.39. The highest BCUT2D eigenvalue weighted by Crippen LogP contribution is 2.23. The van der Waals surface area contributed by atoms with Gasteiger partial charge in [0.2, 0.25) is 11.8 Å². The Morgan fingerprint density at radius 1 is 1.21 bits per heavy atom. The molecule has 0 aromatic heterocycles. The van der Waals surface area contributed by atoms with Gasteiger partial charge in [0.15, 0.2) is 0 Å². The third kappa shape index (κ3) is 3.08. The van der Waals surface area contributed by atoms with E-state index in [0.29, 0.717) is 26.1 Å². The smallest absolute Gasteiger partial charge is 0.228 e. The molecule has 2 saturated heterocycles. The third-order valence-electron chi connectivity index (χ3n) is 3.86. The molecule has 0 aromatic rings. The van der Waals surface area contributed by atoms with Gasteiger partial charge in [-0.05, 0) is 27.7 Å². The van der Waals surface area contributed by atoms with Crippen LogP contribution in [0.5, 0.6) is 0 Å². The third-order valence-corrected chi connectivity index (χ3v) is 3.86. The molecule has 0 aliphatic carbocycles. The molecule has 2 heterocycles. The zero-order valence-electron chi connectivity index (χ0n) is 12.3. The van der Waals surface area contributed by atoms with Crippen LogP contribution in [-0.2, 0) is 14.3 Å². The Labute approximate surface area is 114 Å². The fourth-order valence-electron chi connectivity index (χ4n) is 3.01. The number of nitrogens with zero attached hydrogens (tertiary/aromatic N) is 2. The molecule has 5 nitrogen and oxygen atoms in total.